The second-order valence-corrected chi connectivity index (χ2v) is 9.91. The van der Waals surface area contributed by atoms with Gasteiger partial charge in [-0.1, -0.05) is 13.8 Å². The predicted octanol–water partition coefficient (Wildman–Crippen LogP) is 2.28. The van der Waals surface area contributed by atoms with E-state index in [9.17, 15) is 9.59 Å². The Morgan fingerprint density at radius 1 is 1.33 bits per heavy atom. The third-order valence-electron chi connectivity index (χ3n) is 4.65. The number of carbonyl (C=O) groups excluding carboxylic acids is 2. The van der Waals surface area contributed by atoms with Crippen molar-refractivity contribution in [2.75, 3.05) is 5.32 Å². The van der Waals surface area contributed by atoms with E-state index in [1.165, 1.54) is 16.1 Å². The van der Waals surface area contributed by atoms with Gasteiger partial charge in [-0.3, -0.25) is 9.59 Å². The molecule has 0 fully saturated rings. The van der Waals surface area contributed by atoms with Crippen LogP contribution in [0.5, 0.6) is 0 Å². The molecule has 8 nitrogen and oxygen atoms in total. The van der Waals surface area contributed by atoms with Crippen molar-refractivity contribution in [1.29, 1.82) is 0 Å². The molecule has 27 heavy (non-hydrogen) atoms. The molecule has 146 valence electrons. The lowest BCUT2D eigenvalue weighted by Crippen LogP contribution is -2.25. The van der Waals surface area contributed by atoms with Crippen LogP contribution in [0.15, 0.2) is 0 Å². The maximum Gasteiger partial charge on any atom is 0.251 e. The maximum absolute atomic E-state index is 12.5. The molecule has 0 unspecified atom stereocenters. The van der Waals surface area contributed by atoms with E-state index >= 15 is 0 Å². The van der Waals surface area contributed by atoms with Crippen LogP contribution in [-0.4, -0.2) is 32.0 Å². The number of aromatic nitrogens is 4. The lowest BCUT2D eigenvalue weighted by Gasteiger charge is -2.29. The highest BCUT2D eigenvalue weighted by Gasteiger charge is 2.32. The highest BCUT2D eigenvalue weighted by molar-refractivity contribution is 7.17. The van der Waals surface area contributed by atoms with Crippen LogP contribution in [0.3, 0.4) is 0 Å². The average molecular weight is 391 g/mol. The number of carbonyl (C=O) groups is 2. The minimum atomic E-state index is -0.501. The Morgan fingerprint density at radius 2 is 2.04 bits per heavy atom. The fourth-order valence-electron chi connectivity index (χ4n) is 3.17. The van der Waals surface area contributed by atoms with Crippen LogP contribution in [-0.2, 0) is 29.6 Å². The first-order valence-corrected chi connectivity index (χ1v) is 9.81. The minimum Gasteiger partial charge on any atom is -0.365 e. The Kier molecular flexibility index (Phi) is 4.83. The number of primary amides is 1. The third kappa shape index (κ3) is 4.18. The van der Waals surface area contributed by atoms with Gasteiger partial charge in [0.2, 0.25) is 5.91 Å². The number of nitrogens with zero attached hydrogens (tertiary/aromatic N) is 4. The van der Waals surface area contributed by atoms with Crippen LogP contribution < -0.4 is 11.1 Å². The topological polar surface area (TPSA) is 116 Å². The van der Waals surface area contributed by atoms with Crippen molar-refractivity contribution < 1.29 is 9.59 Å². The molecular formula is C18H26N6O2S. The number of nitrogens with one attached hydrogen (secondary N) is 1. The van der Waals surface area contributed by atoms with E-state index in [0.717, 1.165) is 29.7 Å². The third-order valence-corrected chi connectivity index (χ3v) is 5.80. The highest BCUT2D eigenvalue weighted by atomic mass is 32.1. The highest BCUT2D eigenvalue weighted by Crippen LogP contribution is 2.43. The molecule has 1 aliphatic carbocycles. The SMILES string of the molecule is CC1(C)CCc2c(sc(NC(=O)Cc3nnn(C(C)(C)C)n3)c2C(N)=O)C1. The quantitative estimate of drug-likeness (QED) is 0.831. The summed E-state index contributed by atoms with van der Waals surface area (Å²) in [4.78, 5) is 27.1. The van der Waals surface area contributed by atoms with Crippen molar-refractivity contribution in [3.63, 3.8) is 0 Å². The van der Waals surface area contributed by atoms with Crippen LogP contribution >= 0.6 is 11.3 Å². The fraction of sp³-hybridized carbons (Fsp3) is 0.611. The summed E-state index contributed by atoms with van der Waals surface area (Å²) in [6.45, 7) is 10.3. The standard InChI is InChI=1S/C18H26N6O2S/c1-17(2,3)24-22-12(21-23-24)8-13(25)20-16-14(15(19)26)10-6-7-18(4,5)9-11(10)27-16/h6-9H2,1-5H3,(H2,19,26)(H,20,25). The van der Waals surface area contributed by atoms with Crippen molar-refractivity contribution in [2.24, 2.45) is 11.1 Å². The van der Waals surface area contributed by atoms with Crippen molar-refractivity contribution in [3.8, 4) is 0 Å². The fourth-order valence-corrected chi connectivity index (χ4v) is 4.69. The number of tetrazole rings is 1. The Morgan fingerprint density at radius 3 is 2.63 bits per heavy atom. The predicted molar refractivity (Wildman–Crippen MR) is 104 cm³/mol. The van der Waals surface area contributed by atoms with Crippen LogP contribution in [0, 0.1) is 5.41 Å². The van der Waals surface area contributed by atoms with Gasteiger partial charge in [0.15, 0.2) is 5.82 Å². The minimum absolute atomic E-state index is 0.0116. The summed E-state index contributed by atoms with van der Waals surface area (Å²) in [5, 5.41) is 15.5. The second kappa shape index (κ2) is 6.70. The molecule has 0 spiro atoms. The first-order chi connectivity index (χ1) is 12.5. The monoisotopic (exact) mass is 390 g/mol. The number of fused-ring (bicyclic) bond motifs is 1. The van der Waals surface area contributed by atoms with E-state index in [0.29, 0.717) is 16.4 Å². The molecule has 2 aromatic heterocycles. The van der Waals surface area contributed by atoms with Crippen LogP contribution in [0.1, 0.15) is 67.7 Å². The van der Waals surface area contributed by atoms with Gasteiger partial charge in [0.05, 0.1) is 17.5 Å². The van der Waals surface area contributed by atoms with Crippen molar-refractivity contribution in [3.05, 3.63) is 21.8 Å². The Bertz CT molecular complexity index is 890. The Labute approximate surface area is 162 Å². The van der Waals surface area contributed by atoms with Gasteiger partial charge in [0.25, 0.3) is 5.91 Å². The molecule has 9 heteroatoms. The lowest BCUT2D eigenvalue weighted by atomic mass is 9.77. The molecule has 0 radical (unpaired) electrons. The summed E-state index contributed by atoms with van der Waals surface area (Å²) in [5.41, 5.74) is 6.92. The molecule has 3 rings (SSSR count). The summed E-state index contributed by atoms with van der Waals surface area (Å²) < 4.78 is 0. The van der Waals surface area contributed by atoms with Gasteiger partial charge in [0.1, 0.15) is 5.00 Å². The number of thiophene rings is 1. The molecule has 0 aliphatic heterocycles. The number of nitrogens with two attached hydrogens (primary N) is 1. The average Bonchev–Trinajstić information content (AvgIpc) is 3.09. The molecule has 2 aromatic rings. The molecule has 0 aromatic carbocycles. The van der Waals surface area contributed by atoms with E-state index in [-0.39, 0.29) is 23.3 Å². The van der Waals surface area contributed by atoms with E-state index in [4.69, 9.17) is 5.73 Å². The zero-order chi connectivity index (χ0) is 20.0. The zero-order valence-electron chi connectivity index (χ0n) is 16.4. The molecule has 2 heterocycles. The molecule has 1 aliphatic rings. The van der Waals surface area contributed by atoms with E-state index < -0.39 is 5.91 Å². The van der Waals surface area contributed by atoms with E-state index in [1.54, 1.807) is 0 Å². The molecule has 3 N–H and O–H groups in total. The molecule has 2 amide bonds. The number of hydrogen-bond acceptors (Lipinski definition) is 6. The smallest absolute Gasteiger partial charge is 0.251 e. The number of anilines is 1. The molecule has 0 saturated carbocycles. The zero-order valence-corrected chi connectivity index (χ0v) is 17.2. The van der Waals surface area contributed by atoms with Crippen molar-refractivity contribution in [2.45, 2.75) is 65.8 Å². The molecular weight excluding hydrogens is 364 g/mol. The largest absolute Gasteiger partial charge is 0.365 e. The van der Waals surface area contributed by atoms with Gasteiger partial charge in [-0.05, 0) is 56.2 Å². The van der Waals surface area contributed by atoms with Gasteiger partial charge in [-0.15, -0.1) is 21.5 Å². The normalized spacial score (nSPS) is 16.0. The van der Waals surface area contributed by atoms with Gasteiger partial charge in [-0.25, -0.2) is 0 Å². The summed E-state index contributed by atoms with van der Waals surface area (Å²) in [7, 11) is 0. The van der Waals surface area contributed by atoms with Crippen molar-refractivity contribution >= 4 is 28.2 Å². The van der Waals surface area contributed by atoms with Gasteiger partial charge in [-0.2, -0.15) is 4.80 Å². The van der Waals surface area contributed by atoms with E-state index in [2.05, 4.69) is 34.6 Å². The first-order valence-electron chi connectivity index (χ1n) is 9.00. The van der Waals surface area contributed by atoms with E-state index in [1.807, 2.05) is 20.8 Å². The lowest BCUT2D eigenvalue weighted by molar-refractivity contribution is -0.115. The molecule has 0 atom stereocenters. The van der Waals surface area contributed by atoms with Crippen LogP contribution in [0.2, 0.25) is 0 Å². The first kappa shape index (κ1) is 19.5. The molecule has 0 bridgehead atoms. The van der Waals surface area contributed by atoms with Crippen LogP contribution in [0.4, 0.5) is 5.00 Å². The molecule has 0 saturated heterocycles. The Balaban J connectivity index is 1.79. The second-order valence-electron chi connectivity index (χ2n) is 8.80. The number of hydrogen-bond donors (Lipinski definition) is 2. The van der Waals surface area contributed by atoms with Gasteiger partial charge in [0, 0.05) is 4.88 Å². The maximum atomic E-state index is 12.5. The number of amides is 2. The van der Waals surface area contributed by atoms with Crippen molar-refractivity contribution in [1.82, 2.24) is 20.2 Å². The Hall–Kier alpha value is -2.29. The van der Waals surface area contributed by atoms with Gasteiger partial charge < -0.3 is 11.1 Å². The summed E-state index contributed by atoms with van der Waals surface area (Å²) in [6, 6.07) is 0. The number of rotatable bonds is 4. The summed E-state index contributed by atoms with van der Waals surface area (Å²) >= 11 is 1.45. The van der Waals surface area contributed by atoms with Gasteiger partial charge >= 0.3 is 0 Å². The van der Waals surface area contributed by atoms with Crippen LogP contribution in [0.25, 0.3) is 0 Å². The summed E-state index contributed by atoms with van der Waals surface area (Å²) in [6.07, 6.45) is 2.66. The summed E-state index contributed by atoms with van der Waals surface area (Å²) in [5.74, 6) is -0.450.